The summed E-state index contributed by atoms with van der Waals surface area (Å²) in [5.74, 6) is 0.856. The Labute approximate surface area is 151 Å². The number of nitrogens with zero attached hydrogens (tertiary/aromatic N) is 2. The molecule has 1 aromatic heterocycles. The van der Waals surface area contributed by atoms with Gasteiger partial charge in [0.2, 0.25) is 0 Å². The molecule has 138 valence electrons. The van der Waals surface area contributed by atoms with Crippen LogP contribution < -0.4 is 10.6 Å². The highest BCUT2D eigenvalue weighted by Gasteiger charge is 2.25. The van der Waals surface area contributed by atoms with E-state index in [1.165, 1.54) is 9.88 Å². The summed E-state index contributed by atoms with van der Waals surface area (Å²) in [5.41, 5.74) is 0.0996. The van der Waals surface area contributed by atoms with Gasteiger partial charge in [-0.3, -0.25) is 4.99 Å². The number of rotatable bonds is 11. The Bertz CT molecular complexity index is 483. The Kier molecular flexibility index (Phi) is 9.95. The third-order valence-electron chi connectivity index (χ3n) is 4.64. The number of aromatic nitrogens is 1. The van der Waals surface area contributed by atoms with Crippen molar-refractivity contribution in [1.29, 1.82) is 0 Å². The maximum atomic E-state index is 9.34. The third kappa shape index (κ3) is 6.77. The smallest absolute Gasteiger partial charge is 0.191 e. The molecule has 0 atom stereocenters. The molecule has 0 saturated carbocycles. The Morgan fingerprint density at radius 3 is 2.54 bits per heavy atom. The van der Waals surface area contributed by atoms with Gasteiger partial charge >= 0.3 is 0 Å². The van der Waals surface area contributed by atoms with Crippen LogP contribution in [-0.4, -0.2) is 42.3 Å². The number of guanidine groups is 1. The molecule has 0 fully saturated rings. The molecular formula is C18H34N4OS. The first-order chi connectivity index (χ1) is 11.6. The molecule has 0 amide bonds. The molecule has 0 aromatic carbocycles. The van der Waals surface area contributed by atoms with Crippen molar-refractivity contribution in [2.45, 2.75) is 59.8 Å². The second-order valence-electron chi connectivity index (χ2n) is 6.13. The topological polar surface area (TPSA) is 69.5 Å². The van der Waals surface area contributed by atoms with Gasteiger partial charge in [0.05, 0.1) is 5.01 Å². The number of nitrogens with one attached hydrogen (secondary N) is 2. The van der Waals surface area contributed by atoms with E-state index >= 15 is 0 Å². The van der Waals surface area contributed by atoms with Crippen molar-refractivity contribution >= 4 is 17.3 Å². The van der Waals surface area contributed by atoms with Crippen LogP contribution in [0.15, 0.2) is 11.2 Å². The quantitative estimate of drug-likeness (QED) is 0.422. The molecule has 0 spiro atoms. The van der Waals surface area contributed by atoms with Gasteiger partial charge in [-0.15, -0.1) is 11.3 Å². The molecule has 1 rings (SSSR count). The summed E-state index contributed by atoms with van der Waals surface area (Å²) in [6, 6.07) is 0. The van der Waals surface area contributed by atoms with E-state index in [4.69, 9.17) is 4.99 Å². The summed E-state index contributed by atoms with van der Waals surface area (Å²) in [4.78, 5) is 10.6. The molecule has 1 aromatic rings. The summed E-state index contributed by atoms with van der Waals surface area (Å²) in [7, 11) is 0. The van der Waals surface area contributed by atoms with E-state index in [0.717, 1.165) is 57.7 Å². The Hall–Kier alpha value is -1.14. The van der Waals surface area contributed by atoms with E-state index in [9.17, 15) is 5.11 Å². The first-order valence-electron chi connectivity index (χ1n) is 9.19. The van der Waals surface area contributed by atoms with Crippen molar-refractivity contribution < 1.29 is 5.11 Å². The van der Waals surface area contributed by atoms with E-state index in [0.29, 0.717) is 0 Å². The second kappa shape index (κ2) is 11.4. The molecule has 5 nitrogen and oxygen atoms in total. The van der Waals surface area contributed by atoms with E-state index in [-0.39, 0.29) is 12.0 Å². The lowest BCUT2D eigenvalue weighted by Gasteiger charge is -2.29. The van der Waals surface area contributed by atoms with Crippen LogP contribution in [0.1, 0.15) is 56.8 Å². The van der Waals surface area contributed by atoms with Gasteiger partial charge in [0.1, 0.15) is 0 Å². The second-order valence-corrected chi connectivity index (χ2v) is 7.33. The molecule has 0 unspecified atom stereocenters. The average molecular weight is 355 g/mol. The lowest BCUT2D eigenvalue weighted by molar-refractivity contribution is 0.175. The van der Waals surface area contributed by atoms with Crippen molar-refractivity contribution in [3.63, 3.8) is 0 Å². The van der Waals surface area contributed by atoms with Gasteiger partial charge in [0.25, 0.3) is 0 Å². The van der Waals surface area contributed by atoms with Crippen molar-refractivity contribution in [2.24, 2.45) is 10.4 Å². The maximum Gasteiger partial charge on any atom is 0.191 e. The molecule has 0 aliphatic rings. The zero-order valence-electron chi connectivity index (χ0n) is 15.7. The fourth-order valence-electron chi connectivity index (χ4n) is 2.65. The minimum atomic E-state index is 0.0996. The maximum absolute atomic E-state index is 9.34. The van der Waals surface area contributed by atoms with Crippen molar-refractivity contribution in [3.05, 3.63) is 16.1 Å². The summed E-state index contributed by atoms with van der Waals surface area (Å²) < 4.78 is 0. The molecule has 3 N–H and O–H groups in total. The van der Waals surface area contributed by atoms with Crippen LogP contribution in [0.4, 0.5) is 0 Å². The molecule has 0 aliphatic heterocycles. The van der Waals surface area contributed by atoms with Crippen molar-refractivity contribution in [3.8, 4) is 0 Å². The molecular weight excluding hydrogens is 320 g/mol. The van der Waals surface area contributed by atoms with Crippen molar-refractivity contribution in [2.75, 3.05) is 26.2 Å². The molecule has 6 heteroatoms. The van der Waals surface area contributed by atoms with Gasteiger partial charge in [-0.2, -0.15) is 0 Å². The predicted octanol–water partition coefficient (Wildman–Crippen LogP) is 2.99. The van der Waals surface area contributed by atoms with E-state index < -0.39 is 0 Å². The normalized spacial score (nSPS) is 12.5. The van der Waals surface area contributed by atoms with Crippen LogP contribution in [0.25, 0.3) is 0 Å². The van der Waals surface area contributed by atoms with Crippen LogP contribution in [0, 0.1) is 5.41 Å². The minimum absolute atomic E-state index is 0.0996. The summed E-state index contributed by atoms with van der Waals surface area (Å²) in [5, 5.41) is 17.2. The van der Waals surface area contributed by atoms with Crippen molar-refractivity contribution in [1.82, 2.24) is 15.6 Å². The number of aryl methyl sites for hydroxylation is 1. The van der Waals surface area contributed by atoms with Crippen LogP contribution in [0.2, 0.25) is 0 Å². The van der Waals surface area contributed by atoms with Gasteiger partial charge in [-0.25, -0.2) is 4.98 Å². The van der Waals surface area contributed by atoms with Crippen LogP contribution >= 0.6 is 11.3 Å². The number of aliphatic hydroxyl groups excluding tert-OH is 1. The van der Waals surface area contributed by atoms with E-state index in [1.54, 1.807) is 11.3 Å². The fourth-order valence-corrected chi connectivity index (χ4v) is 3.51. The van der Waals surface area contributed by atoms with Gasteiger partial charge in [-0.05, 0) is 38.0 Å². The minimum Gasteiger partial charge on any atom is -0.396 e. The lowest BCUT2D eigenvalue weighted by atomic mass is 9.79. The van der Waals surface area contributed by atoms with Gasteiger partial charge in [0.15, 0.2) is 5.96 Å². The largest absolute Gasteiger partial charge is 0.396 e. The first kappa shape index (κ1) is 20.9. The van der Waals surface area contributed by atoms with Gasteiger partial charge in [-0.1, -0.05) is 20.8 Å². The highest BCUT2D eigenvalue weighted by molar-refractivity contribution is 7.11. The van der Waals surface area contributed by atoms with Crippen LogP contribution in [-0.2, 0) is 12.8 Å². The molecule has 0 saturated heterocycles. The SMILES string of the molecule is CCNC(=NCC(CC)(CC)CCO)NCCc1ncc(CC)s1. The van der Waals surface area contributed by atoms with E-state index in [2.05, 4.69) is 43.3 Å². The Morgan fingerprint density at radius 1 is 1.25 bits per heavy atom. The third-order valence-corrected chi connectivity index (χ3v) is 5.84. The molecule has 24 heavy (non-hydrogen) atoms. The van der Waals surface area contributed by atoms with Gasteiger partial charge < -0.3 is 15.7 Å². The van der Waals surface area contributed by atoms with Crippen LogP contribution in [0.5, 0.6) is 0 Å². The fraction of sp³-hybridized carbons (Fsp3) is 0.778. The predicted molar refractivity (Wildman–Crippen MR) is 104 cm³/mol. The summed E-state index contributed by atoms with van der Waals surface area (Å²) >= 11 is 1.79. The lowest BCUT2D eigenvalue weighted by Crippen LogP contribution is -2.39. The number of hydrogen-bond acceptors (Lipinski definition) is 4. The Balaban J connectivity index is 2.57. The average Bonchev–Trinajstić information content (AvgIpc) is 3.06. The summed E-state index contributed by atoms with van der Waals surface area (Å²) in [6.07, 6.45) is 6.82. The zero-order valence-corrected chi connectivity index (χ0v) is 16.5. The number of hydrogen-bond donors (Lipinski definition) is 3. The molecule has 1 heterocycles. The molecule has 0 aliphatic carbocycles. The summed E-state index contributed by atoms with van der Waals surface area (Å²) in [6.45, 7) is 11.2. The molecule has 0 radical (unpaired) electrons. The molecule has 0 bridgehead atoms. The highest BCUT2D eigenvalue weighted by atomic mass is 32.1. The Morgan fingerprint density at radius 2 is 2.00 bits per heavy atom. The standard InChI is InChI=1S/C18H34N4OS/c1-5-15-13-21-16(24-15)9-11-20-17(19-8-4)22-14-18(6-2,7-3)10-12-23/h13,23H,5-12,14H2,1-4H3,(H2,19,20,22). The van der Waals surface area contributed by atoms with E-state index in [1.807, 2.05) is 6.20 Å². The number of thiazole rings is 1. The number of aliphatic imine (C=N–C) groups is 1. The number of aliphatic hydroxyl groups is 1. The monoisotopic (exact) mass is 354 g/mol. The first-order valence-corrected chi connectivity index (χ1v) is 10.0. The zero-order chi connectivity index (χ0) is 17.8. The van der Waals surface area contributed by atoms with Crippen LogP contribution in [0.3, 0.4) is 0 Å². The van der Waals surface area contributed by atoms with Gasteiger partial charge in [0, 0.05) is 43.7 Å². The highest BCUT2D eigenvalue weighted by Crippen LogP contribution is 2.30.